The Labute approximate surface area is 84.4 Å². The van der Waals surface area contributed by atoms with Crippen molar-refractivity contribution in [1.29, 1.82) is 0 Å². The van der Waals surface area contributed by atoms with E-state index >= 15 is 0 Å². The molecule has 1 aromatic heterocycles. The number of ether oxygens (including phenoxy) is 1. The summed E-state index contributed by atoms with van der Waals surface area (Å²) in [6, 6.07) is 7.37. The summed E-state index contributed by atoms with van der Waals surface area (Å²) < 4.78 is 10.1. The van der Waals surface area contributed by atoms with Crippen molar-refractivity contribution in [2.24, 2.45) is 4.99 Å². The van der Waals surface area contributed by atoms with Crippen LogP contribution in [-0.4, -0.2) is 23.4 Å². The number of rotatable bonds is 1. The molecule has 0 N–H and O–H groups in total. The third-order valence-electron chi connectivity index (χ3n) is 2.10. The average Bonchev–Trinajstić information content (AvgIpc) is 2.82. The van der Waals surface area contributed by atoms with E-state index in [1.54, 1.807) is 0 Å². The maximum atomic E-state index is 10.8. The van der Waals surface area contributed by atoms with Gasteiger partial charge in [-0.15, -0.1) is 0 Å². The molecule has 0 saturated heterocycles. The van der Waals surface area contributed by atoms with E-state index < -0.39 is 6.09 Å². The van der Waals surface area contributed by atoms with Crippen LogP contribution < -0.4 is 0 Å². The third kappa shape index (κ3) is 1.28. The topological polar surface area (TPSA) is 64.7 Å². The quantitative estimate of drug-likeness (QED) is 0.706. The van der Waals surface area contributed by atoms with E-state index in [-0.39, 0.29) is 6.61 Å². The molecule has 1 amide bonds. The summed E-state index contributed by atoms with van der Waals surface area (Å²) in [5, 5.41) is 0. The summed E-state index contributed by atoms with van der Waals surface area (Å²) in [6.45, 7) is 0.131. The van der Waals surface area contributed by atoms with Crippen molar-refractivity contribution in [2.45, 2.75) is 0 Å². The molecule has 74 valence electrons. The van der Waals surface area contributed by atoms with E-state index in [1.165, 1.54) is 0 Å². The van der Waals surface area contributed by atoms with Crippen molar-refractivity contribution in [2.75, 3.05) is 6.61 Å². The lowest BCUT2D eigenvalue weighted by Crippen LogP contribution is -2.02. The van der Waals surface area contributed by atoms with Gasteiger partial charge in [0.25, 0.3) is 0 Å². The minimum absolute atomic E-state index is 0.131. The molecule has 15 heavy (non-hydrogen) atoms. The van der Waals surface area contributed by atoms with Crippen molar-refractivity contribution in [3.05, 3.63) is 30.2 Å². The number of carbonyl (C=O) groups excluding carboxylic acids is 1. The number of hydrogen-bond donors (Lipinski definition) is 0. The zero-order valence-corrected chi connectivity index (χ0v) is 7.64. The predicted octanol–water partition coefficient (Wildman–Crippen LogP) is 1.77. The van der Waals surface area contributed by atoms with Gasteiger partial charge in [0.05, 0.1) is 0 Å². The monoisotopic (exact) mass is 202 g/mol. The number of hydrogen-bond acceptors (Lipinski definition) is 4. The number of oxazole rings is 1. The molecule has 0 unspecified atom stereocenters. The molecular formula is C10H6N2O3. The first kappa shape index (κ1) is 8.16. The Morgan fingerprint density at radius 3 is 2.87 bits per heavy atom. The summed E-state index contributed by atoms with van der Waals surface area (Å²) in [4.78, 5) is 18.6. The number of amides is 1. The Bertz CT molecular complexity index is 538. The van der Waals surface area contributed by atoms with Gasteiger partial charge in [0.1, 0.15) is 17.8 Å². The normalized spacial score (nSPS) is 15.5. The van der Waals surface area contributed by atoms with Crippen molar-refractivity contribution in [3.8, 4) is 0 Å². The lowest BCUT2D eigenvalue weighted by molar-refractivity contribution is 0.181. The van der Waals surface area contributed by atoms with E-state index in [9.17, 15) is 4.79 Å². The van der Waals surface area contributed by atoms with E-state index in [0.717, 1.165) is 5.52 Å². The standard InChI is InChI=1S/C10H6N2O3/c13-10-12-7(5-14-10)9-11-6-3-1-2-4-8(6)15-9/h1-4H,5H2. The van der Waals surface area contributed by atoms with Gasteiger partial charge in [-0.25, -0.2) is 9.78 Å². The van der Waals surface area contributed by atoms with Gasteiger partial charge in [-0.2, -0.15) is 4.99 Å². The first-order chi connectivity index (χ1) is 7.33. The molecule has 0 bridgehead atoms. The Kier molecular flexibility index (Phi) is 1.58. The second kappa shape index (κ2) is 2.91. The number of nitrogens with zero attached hydrogens (tertiary/aromatic N) is 2. The van der Waals surface area contributed by atoms with Gasteiger partial charge in [0.15, 0.2) is 5.58 Å². The first-order valence-electron chi connectivity index (χ1n) is 4.43. The van der Waals surface area contributed by atoms with Crippen LogP contribution in [0.1, 0.15) is 5.89 Å². The van der Waals surface area contributed by atoms with Gasteiger partial charge in [-0.1, -0.05) is 12.1 Å². The Hall–Kier alpha value is -2.17. The number of aliphatic imine (C=N–C) groups is 1. The van der Waals surface area contributed by atoms with Crippen LogP contribution in [0.5, 0.6) is 0 Å². The summed E-state index contributed by atoms with van der Waals surface area (Å²) in [7, 11) is 0. The highest BCUT2D eigenvalue weighted by atomic mass is 16.6. The zero-order valence-electron chi connectivity index (χ0n) is 7.64. The van der Waals surface area contributed by atoms with Crippen LogP contribution in [0.25, 0.3) is 11.1 Å². The average molecular weight is 202 g/mol. The van der Waals surface area contributed by atoms with Crippen LogP contribution in [0.2, 0.25) is 0 Å². The lowest BCUT2D eigenvalue weighted by atomic mass is 10.3. The molecule has 1 aliphatic heterocycles. The molecule has 0 saturated carbocycles. The van der Waals surface area contributed by atoms with Crippen LogP contribution in [-0.2, 0) is 4.74 Å². The number of fused-ring (bicyclic) bond motifs is 1. The fourth-order valence-corrected chi connectivity index (χ4v) is 1.41. The van der Waals surface area contributed by atoms with Crippen molar-refractivity contribution in [1.82, 2.24) is 4.98 Å². The number of para-hydroxylation sites is 2. The molecule has 0 radical (unpaired) electrons. The Morgan fingerprint density at radius 2 is 2.13 bits per heavy atom. The molecule has 0 atom stereocenters. The smallest absolute Gasteiger partial charge is 0.434 e. The molecule has 1 aliphatic rings. The minimum atomic E-state index is -0.591. The third-order valence-corrected chi connectivity index (χ3v) is 2.10. The highest BCUT2D eigenvalue weighted by molar-refractivity contribution is 6.07. The largest absolute Gasteiger partial charge is 0.441 e. The molecule has 5 heteroatoms. The fraction of sp³-hybridized carbons (Fsp3) is 0.100. The van der Waals surface area contributed by atoms with Crippen LogP contribution in [0.3, 0.4) is 0 Å². The van der Waals surface area contributed by atoms with Crippen LogP contribution in [0.15, 0.2) is 33.7 Å². The van der Waals surface area contributed by atoms with Gasteiger partial charge in [-0.05, 0) is 12.1 Å². The van der Waals surface area contributed by atoms with E-state index in [0.29, 0.717) is 17.2 Å². The highest BCUT2D eigenvalue weighted by Crippen LogP contribution is 2.16. The molecule has 2 heterocycles. The van der Waals surface area contributed by atoms with Crippen LogP contribution in [0, 0.1) is 0 Å². The van der Waals surface area contributed by atoms with Gasteiger partial charge in [0, 0.05) is 0 Å². The summed E-state index contributed by atoms with van der Waals surface area (Å²) in [5.74, 6) is 0.349. The molecule has 0 aliphatic carbocycles. The van der Waals surface area contributed by atoms with Crippen molar-refractivity contribution < 1.29 is 13.9 Å². The Morgan fingerprint density at radius 1 is 1.27 bits per heavy atom. The summed E-state index contributed by atoms with van der Waals surface area (Å²) in [6.07, 6.45) is -0.591. The molecule has 3 rings (SSSR count). The zero-order chi connectivity index (χ0) is 10.3. The number of cyclic esters (lactones) is 1. The second-order valence-electron chi connectivity index (χ2n) is 3.10. The molecular weight excluding hydrogens is 196 g/mol. The molecule has 1 aromatic carbocycles. The lowest BCUT2D eigenvalue weighted by Gasteiger charge is -1.88. The molecule has 0 fully saturated rings. The predicted molar refractivity (Wildman–Crippen MR) is 51.9 cm³/mol. The van der Waals surface area contributed by atoms with Crippen molar-refractivity contribution in [3.63, 3.8) is 0 Å². The van der Waals surface area contributed by atoms with Crippen LogP contribution >= 0.6 is 0 Å². The SMILES string of the molecule is O=C1N=C(c2nc3ccccc3o2)CO1. The summed E-state index contributed by atoms with van der Waals surface area (Å²) >= 11 is 0. The first-order valence-corrected chi connectivity index (χ1v) is 4.43. The Balaban J connectivity index is 2.12. The summed E-state index contributed by atoms with van der Waals surface area (Å²) in [5.41, 5.74) is 1.86. The fourth-order valence-electron chi connectivity index (χ4n) is 1.41. The van der Waals surface area contributed by atoms with Gasteiger partial charge >= 0.3 is 6.09 Å². The van der Waals surface area contributed by atoms with E-state index in [1.807, 2.05) is 24.3 Å². The number of benzene rings is 1. The molecule has 2 aromatic rings. The van der Waals surface area contributed by atoms with Crippen molar-refractivity contribution >= 4 is 22.9 Å². The molecule has 0 spiro atoms. The number of carbonyl (C=O) groups is 1. The maximum absolute atomic E-state index is 10.8. The van der Waals surface area contributed by atoms with E-state index in [2.05, 4.69) is 14.7 Å². The van der Waals surface area contributed by atoms with Crippen LogP contribution in [0.4, 0.5) is 4.79 Å². The number of aromatic nitrogens is 1. The second-order valence-corrected chi connectivity index (χ2v) is 3.10. The molecule has 5 nitrogen and oxygen atoms in total. The maximum Gasteiger partial charge on any atom is 0.434 e. The highest BCUT2D eigenvalue weighted by Gasteiger charge is 2.21. The minimum Gasteiger partial charge on any atom is -0.441 e. The van der Waals surface area contributed by atoms with E-state index in [4.69, 9.17) is 4.42 Å². The van der Waals surface area contributed by atoms with Gasteiger partial charge in [-0.3, -0.25) is 0 Å². The van der Waals surface area contributed by atoms with Gasteiger partial charge < -0.3 is 9.15 Å². The van der Waals surface area contributed by atoms with Gasteiger partial charge in [0.2, 0.25) is 5.89 Å².